The lowest BCUT2D eigenvalue weighted by Crippen LogP contribution is -2.53. The van der Waals surface area contributed by atoms with Crippen molar-refractivity contribution in [3.05, 3.63) is 41.7 Å². The highest BCUT2D eigenvalue weighted by atomic mass is 15.2. The van der Waals surface area contributed by atoms with Crippen LogP contribution in [0.25, 0.3) is 11.1 Å². The molecule has 2 unspecified atom stereocenters. The SMILES string of the molecule is Cc1ccc(CN2CC(C)NC(C)C2)c(-c2cnn(C)c2)c1. The van der Waals surface area contributed by atoms with Crippen molar-refractivity contribution in [3.8, 4) is 11.1 Å². The second-order valence-electron chi connectivity index (χ2n) is 6.73. The zero-order valence-corrected chi connectivity index (χ0v) is 14.0. The van der Waals surface area contributed by atoms with Crippen molar-refractivity contribution >= 4 is 0 Å². The van der Waals surface area contributed by atoms with E-state index >= 15 is 0 Å². The summed E-state index contributed by atoms with van der Waals surface area (Å²) in [4.78, 5) is 2.55. The fraction of sp³-hybridized carbons (Fsp3) is 0.500. The van der Waals surface area contributed by atoms with E-state index in [2.05, 4.69) is 60.5 Å². The van der Waals surface area contributed by atoms with Gasteiger partial charge in [-0.3, -0.25) is 9.58 Å². The minimum Gasteiger partial charge on any atom is -0.309 e. The summed E-state index contributed by atoms with van der Waals surface area (Å²) in [5.74, 6) is 0. The molecule has 0 bridgehead atoms. The molecule has 2 heterocycles. The first-order valence-corrected chi connectivity index (χ1v) is 8.08. The molecule has 4 nitrogen and oxygen atoms in total. The van der Waals surface area contributed by atoms with Crippen molar-refractivity contribution in [1.29, 1.82) is 0 Å². The molecule has 0 amide bonds. The number of aromatic nitrogens is 2. The molecule has 1 aliphatic heterocycles. The van der Waals surface area contributed by atoms with Crippen LogP contribution in [0.1, 0.15) is 25.0 Å². The van der Waals surface area contributed by atoms with E-state index < -0.39 is 0 Å². The normalized spacial score (nSPS) is 22.9. The van der Waals surface area contributed by atoms with Gasteiger partial charge in [-0.25, -0.2) is 0 Å². The Kier molecular flexibility index (Phi) is 4.32. The summed E-state index contributed by atoms with van der Waals surface area (Å²) in [5.41, 5.74) is 5.20. The Morgan fingerprint density at radius 2 is 1.95 bits per heavy atom. The highest BCUT2D eigenvalue weighted by Crippen LogP contribution is 2.26. The Bertz CT molecular complexity index is 636. The zero-order valence-electron chi connectivity index (χ0n) is 14.0. The molecular weight excluding hydrogens is 272 g/mol. The molecular formula is C18H26N4. The third kappa shape index (κ3) is 3.39. The van der Waals surface area contributed by atoms with E-state index in [0.717, 1.165) is 19.6 Å². The first-order valence-electron chi connectivity index (χ1n) is 8.08. The second kappa shape index (κ2) is 6.23. The molecule has 0 saturated carbocycles. The van der Waals surface area contributed by atoms with E-state index in [1.165, 1.54) is 22.3 Å². The van der Waals surface area contributed by atoms with Gasteiger partial charge in [0.15, 0.2) is 0 Å². The van der Waals surface area contributed by atoms with Gasteiger partial charge in [-0.1, -0.05) is 23.8 Å². The number of hydrogen-bond donors (Lipinski definition) is 1. The summed E-state index contributed by atoms with van der Waals surface area (Å²) in [6.07, 6.45) is 4.06. The van der Waals surface area contributed by atoms with Crippen LogP contribution in [0.15, 0.2) is 30.6 Å². The van der Waals surface area contributed by atoms with Gasteiger partial charge in [0.05, 0.1) is 6.20 Å². The summed E-state index contributed by atoms with van der Waals surface area (Å²) < 4.78 is 1.87. The maximum Gasteiger partial charge on any atom is 0.0568 e. The van der Waals surface area contributed by atoms with Crippen LogP contribution in [0.3, 0.4) is 0 Å². The fourth-order valence-corrected chi connectivity index (χ4v) is 3.47. The summed E-state index contributed by atoms with van der Waals surface area (Å²) in [6.45, 7) is 9.88. The quantitative estimate of drug-likeness (QED) is 0.945. The molecule has 1 N–H and O–H groups in total. The van der Waals surface area contributed by atoms with Crippen LogP contribution in [0, 0.1) is 6.92 Å². The van der Waals surface area contributed by atoms with Crippen LogP contribution in [0.2, 0.25) is 0 Å². The van der Waals surface area contributed by atoms with Crippen LogP contribution in [-0.4, -0.2) is 39.9 Å². The summed E-state index contributed by atoms with van der Waals surface area (Å²) in [5, 5.41) is 7.93. The molecule has 4 heteroatoms. The lowest BCUT2D eigenvalue weighted by atomic mass is 9.99. The standard InChI is InChI=1S/C18H26N4/c1-13-5-6-16(12-22-9-14(2)20-15(3)10-22)18(7-13)17-8-19-21(4)11-17/h5-8,11,14-15,20H,9-10,12H2,1-4H3. The summed E-state index contributed by atoms with van der Waals surface area (Å²) in [6, 6.07) is 7.87. The van der Waals surface area contributed by atoms with Gasteiger partial charge in [0.2, 0.25) is 0 Å². The van der Waals surface area contributed by atoms with Crippen molar-refractivity contribution in [2.45, 2.75) is 39.4 Å². The minimum atomic E-state index is 0.552. The maximum absolute atomic E-state index is 4.33. The van der Waals surface area contributed by atoms with Gasteiger partial charge in [-0.2, -0.15) is 5.10 Å². The van der Waals surface area contributed by atoms with Crippen LogP contribution >= 0.6 is 0 Å². The number of aryl methyl sites for hydroxylation is 2. The summed E-state index contributed by atoms with van der Waals surface area (Å²) in [7, 11) is 1.97. The number of hydrogen-bond acceptors (Lipinski definition) is 3. The number of piperazine rings is 1. The molecule has 1 saturated heterocycles. The van der Waals surface area contributed by atoms with Crippen molar-refractivity contribution in [1.82, 2.24) is 20.0 Å². The Balaban J connectivity index is 1.87. The average Bonchev–Trinajstić information content (AvgIpc) is 2.86. The molecule has 2 atom stereocenters. The highest BCUT2D eigenvalue weighted by molar-refractivity contribution is 5.66. The number of nitrogens with zero attached hydrogens (tertiary/aromatic N) is 3. The van der Waals surface area contributed by atoms with Gasteiger partial charge in [0.1, 0.15) is 0 Å². The van der Waals surface area contributed by atoms with Gasteiger partial charge < -0.3 is 5.32 Å². The molecule has 1 aliphatic rings. The summed E-state index contributed by atoms with van der Waals surface area (Å²) >= 11 is 0. The lowest BCUT2D eigenvalue weighted by molar-refractivity contribution is 0.167. The Labute approximate surface area is 133 Å². The molecule has 0 aliphatic carbocycles. The van der Waals surface area contributed by atoms with E-state index in [4.69, 9.17) is 0 Å². The molecule has 22 heavy (non-hydrogen) atoms. The van der Waals surface area contributed by atoms with Gasteiger partial charge in [0.25, 0.3) is 0 Å². The van der Waals surface area contributed by atoms with Gasteiger partial charge in [-0.15, -0.1) is 0 Å². The molecule has 1 fully saturated rings. The number of nitrogens with one attached hydrogen (secondary N) is 1. The second-order valence-corrected chi connectivity index (χ2v) is 6.73. The zero-order chi connectivity index (χ0) is 15.7. The van der Waals surface area contributed by atoms with E-state index in [-0.39, 0.29) is 0 Å². The fourth-order valence-electron chi connectivity index (χ4n) is 3.47. The Hall–Kier alpha value is -1.65. The largest absolute Gasteiger partial charge is 0.309 e. The average molecular weight is 298 g/mol. The number of benzene rings is 1. The van der Waals surface area contributed by atoms with Crippen molar-refractivity contribution < 1.29 is 0 Å². The van der Waals surface area contributed by atoms with E-state index in [1.807, 2.05) is 17.9 Å². The Morgan fingerprint density at radius 3 is 2.59 bits per heavy atom. The van der Waals surface area contributed by atoms with Crippen LogP contribution in [0.4, 0.5) is 0 Å². The molecule has 2 aromatic rings. The van der Waals surface area contributed by atoms with Gasteiger partial charge in [-0.05, 0) is 31.9 Å². The maximum atomic E-state index is 4.33. The smallest absolute Gasteiger partial charge is 0.0568 e. The van der Waals surface area contributed by atoms with Gasteiger partial charge >= 0.3 is 0 Å². The van der Waals surface area contributed by atoms with Crippen molar-refractivity contribution in [2.75, 3.05) is 13.1 Å². The van der Waals surface area contributed by atoms with E-state index in [1.54, 1.807) is 0 Å². The van der Waals surface area contributed by atoms with Crippen molar-refractivity contribution in [2.24, 2.45) is 7.05 Å². The molecule has 3 rings (SSSR count). The predicted molar refractivity (Wildman–Crippen MR) is 90.7 cm³/mol. The van der Waals surface area contributed by atoms with Crippen LogP contribution < -0.4 is 5.32 Å². The van der Waals surface area contributed by atoms with Crippen molar-refractivity contribution in [3.63, 3.8) is 0 Å². The molecule has 0 radical (unpaired) electrons. The molecule has 1 aromatic carbocycles. The first kappa shape index (κ1) is 15.3. The lowest BCUT2D eigenvalue weighted by Gasteiger charge is -2.36. The van der Waals surface area contributed by atoms with E-state index in [0.29, 0.717) is 12.1 Å². The predicted octanol–water partition coefficient (Wildman–Crippen LogP) is 2.58. The third-order valence-corrected chi connectivity index (χ3v) is 4.31. The van der Waals surface area contributed by atoms with Crippen LogP contribution in [0.5, 0.6) is 0 Å². The van der Waals surface area contributed by atoms with Gasteiger partial charge in [0, 0.05) is 50.5 Å². The first-order chi connectivity index (χ1) is 10.5. The highest BCUT2D eigenvalue weighted by Gasteiger charge is 2.21. The molecule has 118 valence electrons. The topological polar surface area (TPSA) is 33.1 Å². The molecule has 1 aromatic heterocycles. The number of rotatable bonds is 3. The molecule has 0 spiro atoms. The third-order valence-electron chi connectivity index (χ3n) is 4.31. The Morgan fingerprint density at radius 1 is 1.23 bits per heavy atom. The monoisotopic (exact) mass is 298 g/mol. The van der Waals surface area contributed by atoms with Crippen LogP contribution in [-0.2, 0) is 13.6 Å². The van der Waals surface area contributed by atoms with E-state index in [9.17, 15) is 0 Å². The minimum absolute atomic E-state index is 0.552.